The number of nitrogens with zero attached hydrogens (tertiary/aromatic N) is 2. The number of piperidine rings is 1. The molecule has 6 heteroatoms. The van der Waals surface area contributed by atoms with Crippen molar-refractivity contribution < 1.29 is 19.0 Å². The number of benzene rings is 2. The summed E-state index contributed by atoms with van der Waals surface area (Å²) >= 11 is 0. The van der Waals surface area contributed by atoms with E-state index < -0.39 is 0 Å². The van der Waals surface area contributed by atoms with E-state index in [0.29, 0.717) is 19.0 Å². The Kier molecular flexibility index (Phi) is 8.00. The highest BCUT2D eigenvalue weighted by atomic mass is 19.1. The highest BCUT2D eigenvalue weighted by Crippen LogP contribution is 2.30. The highest BCUT2D eigenvalue weighted by molar-refractivity contribution is 5.43. The summed E-state index contributed by atoms with van der Waals surface area (Å²) in [6, 6.07) is 12.5. The summed E-state index contributed by atoms with van der Waals surface area (Å²) < 4.78 is 25.4. The van der Waals surface area contributed by atoms with Gasteiger partial charge in [0, 0.05) is 43.9 Å². The second kappa shape index (κ2) is 11.1. The van der Waals surface area contributed by atoms with Crippen LogP contribution in [0.3, 0.4) is 0 Å². The minimum Gasteiger partial charge on any atom is -0.507 e. The van der Waals surface area contributed by atoms with Crippen molar-refractivity contribution >= 4 is 0 Å². The number of hydrogen-bond acceptors (Lipinski definition) is 5. The van der Waals surface area contributed by atoms with Crippen LogP contribution in [0, 0.1) is 11.7 Å². The van der Waals surface area contributed by atoms with E-state index in [1.54, 1.807) is 25.3 Å². The minimum atomic E-state index is -0.117. The Labute approximate surface area is 190 Å². The normalized spacial score (nSPS) is 20.2. The fourth-order valence-corrected chi connectivity index (χ4v) is 4.97. The molecule has 2 saturated heterocycles. The lowest BCUT2D eigenvalue weighted by Crippen LogP contribution is -2.40. The molecule has 0 spiro atoms. The molecule has 1 N–H and O–H groups in total. The number of phenols is 1. The number of phenolic OH excluding ortho intramolecular Hbond substituents is 1. The van der Waals surface area contributed by atoms with Crippen LogP contribution in [0.25, 0.3) is 0 Å². The summed E-state index contributed by atoms with van der Waals surface area (Å²) in [6.07, 6.45) is 4.65. The highest BCUT2D eigenvalue weighted by Gasteiger charge is 2.26. The van der Waals surface area contributed by atoms with Crippen molar-refractivity contribution in [1.82, 2.24) is 9.80 Å². The molecule has 2 aliphatic rings. The molecule has 2 fully saturated rings. The van der Waals surface area contributed by atoms with Gasteiger partial charge >= 0.3 is 0 Å². The SMILES string of the molecule is COc1cccc(O)c1CN(CC1CCN(Cc2ccccc2F)CC1)C[C@H]1CCCO1. The van der Waals surface area contributed by atoms with Gasteiger partial charge in [0.1, 0.15) is 17.3 Å². The van der Waals surface area contributed by atoms with Gasteiger partial charge in [0.05, 0.1) is 13.2 Å². The fourth-order valence-electron chi connectivity index (χ4n) is 4.97. The van der Waals surface area contributed by atoms with Crippen molar-refractivity contribution in [2.75, 3.05) is 39.9 Å². The number of hydrogen-bond donors (Lipinski definition) is 1. The molecule has 1 atom stereocenters. The van der Waals surface area contributed by atoms with Crippen LogP contribution in [0.1, 0.15) is 36.8 Å². The molecule has 2 aromatic carbocycles. The molecule has 0 unspecified atom stereocenters. The van der Waals surface area contributed by atoms with E-state index in [2.05, 4.69) is 9.80 Å². The standard InChI is InChI=1S/C26H35FN2O3/c1-31-26-10-4-9-25(30)23(26)19-29(18-22-7-5-15-32-22)16-20-11-13-28(14-12-20)17-21-6-2-3-8-24(21)27/h2-4,6,8-10,20,22,30H,5,7,11-19H2,1H3/t22-/m1/s1. The second-order valence-corrected chi connectivity index (χ2v) is 9.10. The van der Waals surface area contributed by atoms with Crippen LogP contribution in [-0.2, 0) is 17.8 Å². The van der Waals surface area contributed by atoms with Gasteiger partial charge in [0.25, 0.3) is 0 Å². The van der Waals surface area contributed by atoms with Crippen LogP contribution in [0.15, 0.2) is 42.5 Å². The average molecular weight is 443 g/mol. The van der Waals surface area contributed by atoms with Crippen LogP contribution in [-0.4, -0.2) is 60.9 Å². The van der Waals surface area contributed by atoms with E-state index in [0.717, 1.165) is 75.3 Å². The molecule has 2 aromatic rings. The van der Waals surface area contributed by atoms with Gasteiger partial charge in [-0.05, 0) is 62.9 Å². The molecule has 0 bridgehead atoms. The van der Waals surface area contributed by atoms with Crippen molar-refractivity contribution in [3.05, 3.63) is 59.4 Å². The Bertz CT molecular complexity index is 864. The lowest BCUT2D eigenvalue weighted by Gasteiger charge is -2.36. The monoisotopic (exact) mass is 442 g/mol. The van der Waals surface area contributed by atoms with Gasteiger partial charge in [-0.25, -0.2) is 4.39 Å². The van der Waals surface area contributed by atoms with Crippen LogP contribution < -0.4 is 4.74 Å². The Morgan fingerprint density at radius 3 is 2.62 bits per heavy atom. The van der Waals surface area contributed by atoms with Gasteiger partial charge < -0.3 is 14.6 Å². The first kappa shape index (κ1) is 23.0. The van der Waals surface area contributed by atoms with E-state index in [4.69, 9.17) is 9.47 Å². The molecular formula is C26H35FN2O3. The van der Waals surface area contributed by atoms with Gasteiger partial charge in [-0.3, -0.25) is 9.80 Å². The molecule has 4 rings (SSSR count). The van der Waals surface area contributed by atoms with Crippen molar-refractivity contribution in [1.29, 1.82) is 0 Å². The van der Waals surface area contributed by atoms with E-state index in [9.17, 15) is 9.50 Å². The molecule has 0 radical (unpaired) electrons. The summed E-state index contributed by atoms with van der Waals surface area (Å²) in [4.78, 5) is 4.77. The quantitative estimate of drug-likeness (QED) is 0.622. The number of ether oxygens (including phenoxy) is 2. The minimum absolute atomic E-state index is 0.117. The van der Waals surface area contributed by atoms with Crippen molar-refractivity contribution in [3.8, 4) is 11.5 Å². The zero-order valence-electron chi connectivity index (χ0n) is 19.0. The summed E-state index contributed by atoms with van der Waals surface area (Å²) in [5.74, 6) is 1.46. The van der Waals surface area contributed by atoms with E-state index in [1.807, 2.05) is 24.3 Å². The van der Waals surface area contributed by atoms with Gasteiger partial charge in [-0.2, -0.15) is 0 Å². The van der Waals surface area contributed by atoms with Crippen molar-refractivity contribution in [2.24, 2.45) is 5.92 Å². The Morgan fingerprint density at radius 2 is 1.91 bits per heavy atom. The van der Waals surface area contributed by atoms with Crippen molar-refractivity contribution in [3.63, 3.8) is 0 Å². The summed E-state index contributed by atoms with van der Waals surface area (Å²) in [5.41, 5.74) is 1.61. The molecule has 2 heterocycles. The predicted octanol–water partition coefficient (Wildman–Crippen LogP) is 4.43. The van der Waals surface area contributed by atoms with Gasteiger partial charge in [0.2, 0.25) is 0 Å². The third kappa shape index (κ3) is 6.00. The molecule has 0 amide bonds. The summed E-state index contributed by atoms with van der Waals surface area (Å²) in [6.45, 7) is 5.95. The smallest absolute Gasteiger partial charge is 0.127 e. The fraction of sp³-hybridized carbons (Fsp3) is 0.538. The number of aromatic hydroxyl groups is 1. The van der Waals surface area contributed by atoms with Crippen LogP contribution in [0.4, 0.5) is 4.39 Å². The Hall–Kier alpha value is -2.15. The van der Waals surface area contributed by atoms with Gasteiger partial charge in [0.15, 0.2) is 0 Å². The first-order valence-electron chi connectivity index (χ1n) is 11.8. The van der Waals surface area contributed by atoms with Gasteiger partial charge in [-0.1, -0.05) is 24.3 Å². The first-order chi connectivity index (χ1) is 15.6. The Morgan fingerprint density at radius 1 is 1.09 bits per heavy atom. The van der Waals surface area contributed by atoms with Crippen LogP contribution in [0.5, 0.6) is 11.5 Å². The zero-order valence-corrected chi connectivity index (χ0v) is 19.0. The largest absolute Gasteiger partial charge is 0.507 e. The van der Waals surface area contributed by atoms with Gasteiger partial charge in [-0.15, -0.1) is 0 Å². The first-order valence-corrected chi connectivity index (χ1v) is 11.8. The molecule has 5 nitrogen and oxygen atoms in total. The maximum Gasteiger partial charge on any atom is 0.127 e. The molecule has 174 valence electrons. The van der Waals surface area contributed by atoms with Crippen molar-refractivity contribution in [2.45, 2.75) is 44.9 Å². The topological polar surface area (TPSA) is 45.2 Å². The molecule has 32 heavy (non-hydrogen) atoms. The van der Waals surface area contributed by atoms with Crippen LogP contribution in [0.2, 0.25) is 0 Å². The number of halogens is 1. The molecule has 2 aliphatic heterocycles. The lowest BCUT2D eigenvalue weighted by atomic mass is 9.95. The lowest BCUT2D eigenvalue weighted by molar-refractivity contribution is 0.0563. The van der Waals surface area contributed by atoms with E-state index >= 15 is 0 Å². The third-order valence-electron chi connectivity index (χ3n) is 6.77. The predicted molar refractivity (Wildman–Crippen MR) is 123 cm³/mol. The molecule has 0 saturated carbocycles. The maximum absolute atomic E-state index is 14.0. The average Bonchev–Trinajstić information content (AvgIpc) is 3.31. The molecule has 0 aromatic heterocycles. The molecular weight excluding hydrogens is 407 g/mol. The van der Waals surface area contributed by atoms with E-state index in [1.165, 1.54) is 0 Å². The molecule has 0 aliphatic carbocycles. The summed E-state index contributed by atoms with van der Waals surface area (Å²) in [7, 11) is 1.65. The zero-order chi connectivity index (χ0) is 22.3. The number of methoxy groups -OCH3 is 1. The number of likely N-dealkylation sites (tertiary alicyclic amines) is 1. The summed E-state index contributed by atoms with van der Waals surface area (Å²) in [5, 5.41) is 10.5. The third-order valence-corrected chi connectivity index (χ3v) is 6.77. The Balaban J connectivity index is 1.37. The van der Waals surface area contributed by atoms with Crippen LogP contribution >= 0.6 is 0 Å². The van der Waals surface area contributed by atoms with E-state index in [-0.39, 0.29) is 17.7 Å². The second-order valence-electron chi connectivity index (χ2n) is 9.10. The maximum atomic E-state index is 14.0. The number of rotatable bonds is 9.